The summed E-state index contributed by atoms with van der Waals surface area (Å²) in [5.41, 5.74) is 0.969. The minimum atomic E-state index is -0.531. The van der Waals surface area contributed by atoms with Gasteiger partial charge < -0.3 is 19.3 Å². The summed E-state index contributed by atoms with van der Waals surface area (Å²) in [6.07, 6.45) is 3.08. The molecule has 0 aromatic carbocycles. The molecule has 0 aliphatic carbocycles. The maximum atomic E-state index is 13.2. The zero-order chi connectivity index (χ0) is 19.7. The van der Waals surface area contributed by atoms with Gasteiger partial charge in [0.15, 0.2) is 11.5 Å². The van der Waals surface area contributed by atoms with Crippen LogP contribution in [0.25, 0.3) is 5.52 Å². The van der Waals surface area contributed by atoms with Crippen molar-refractivity contribution in [2.75, 3.05) is 39.4 Å². The first kappa shape index (κ1) is 18.9. The van der Waals surface area contributed by atoms with E-state index in [1.54, 1.807) is 20.4 Å². The van der Waals surface area contributed by atoms with Crippen molar-refractivity contribution in [2.45, 2.75) is 32.5 Å². The minimum Gasteiger partial charge on any atom is -0.347 e. The molecule has 2 aliphatic rings. The highest BCUT2D eigenvalue weighted by Gasteiger charge is 2.41. The molecule has 2 aromatic rings. The second-order valence-corrected chi connectivity index (χ2v) is 7.12. The van der Waals surface area contributed by atoms with Gasteiger partial charge in [0.2, 0.25) is 5.82 Å². The number of piperidine rings is 1. The number of rotatable bonds is 4. The lowest BCUT2D eigenvalue weighted by atomic mass is 10.0. The fourth-order valence-corrected chi connectivity index (χ4v) is 3.98. The van der Waals surface area contributed by atoms with Gasteiger partial charge in [-0.2, -0.15) is 0 Å². The first-order chi connectivity index (χ1) is 13.6. The summed E-state index contributed by atoms with van der Waals surface area (Å²) < 4.78 is 13.2. The second-order valence-electron chi connectivity index (χ2n) is 7.12. The monoisotopic (exact) mass is 386 g/mol. The number of carbonyl (C=O) groups excluding carboxylic acids is 2. The van der Waals surface area contributed by atoms with Gasteiger partial charge in [0, 0.05) is 45.2 Å². The van der Waals surface area contributed by atoms with Crippen molar-refractivity contribution in [2.24, 2.45) is 0 Å². The molecule has 8 nitrogen and oxygen atoms in total. The Kier molecular flexibility index (Phi) is 5.07. The van der Waals surface area contributed by atoms with E-state index >= 15 is 0 Å². The standard InChI is InChI=1S/C20H26N4O4/c1-3-22(4-2)19(26)17-21-16(15-7-5-6-10-24(15)17)18(25)23-11-8-20(9-12-23)27-13-14-28-20/h5-7,10H,3-4,8-9,11-14H2,1-2H3. The lowest BCUT2D eigenvalue weighted by molar-refractivity contribution is -0.181. The predicted molar refractivity (Wildman–Crippen MR) is 102 cm³/mol. The second kappa shape index (κ2) is 7.52. The average molecular weight is 386 g/mol. The van der Waals surface area contributed by atoms with Gasteiger partial charge in [-0.15, -0.1) is 0 Å². The lowest BCUT2D eigenvalue weighted by Gasteiger charge is -2.37. The van der Waals surface area contributed by atoms with Crippen LogP contribution in [0.3, 0.4) is 0 Å². The molecule has 4 rings (SSSR count). The van der Waals surface area contributed by atoms with Crippen LogP contribution in [-0.2, 0) is 9.47 Å². The number of carbonyl (C=O) groups is 2. The normalized spacial score (nSPS) is 18.7. The van der Waals surface area contributed by atoms with Crippen molar-refractivity contribution in [1.29, 1.82) is 0 Å². The Morgan fingerprint density at radius 2 is 1.82 bits per heavy atom. The molecule has 2 aromatic heterocycles. The van der Waals surface area contributed by atoms with Gasteiger partial charge in [-0.25, -0.2) is 4.98 Å². The first-order valence-electron chi connectivity index (χ1n) is 9.92. The number of hydrogen-bond donors (Lipinski definition) is 0. The Morgan fingerprint density at radius 3 is 2.46 bits per heavy atom. The summed E-state index contributed by atoms with van der Waals surface area (Å²) in [5, 5.41) is 0. The lowest BCUT2D eigenvalue weighted by Crippen LogP contribution is -2.47. The summed E-state index contributed by atoms with van der Waals surface area (Å²) in [4.78, 5) is 34.1. The third kappa shape index (κ3) is 3.16. The molecule has 2 fully saturated rings. The topological polar surface area (TPSA) is 76.4 Å². The van der Waals surface area contributed by atoms with E-state index in [9.17, 15) is 9.59 Å². The molecule has 2 aliphatic heterocycles. The number of amides is 2. The van der Waals surface area contributed by atoms with E-state index in [0.29, 0.717) is 63.4 Å². The number of hydrogen-bond acceptors (Lipinski definition) is 5. The molecule has 0 saturated carbocycles. The van der Waals surface area contributed by atoms with Crippen molar-refractivity contribution >= 4 is 17.3 Å². The van der Waals surface area contributed by atoms with Gasteiger partial charge in [0.25, 0.3) is 11.8 Å². The average Bonchev–Trinajstić information content (AvgIpc) is 3.34. The van der Waals surface area contributed by atoms with Gasteiger partial charge in [-0.1, -0.05) is 6.07 Å². The third-order valence-corrected chi connectivity index (χ3v) is 5.62. The van der Waals surface area contributed by atoms with Crippen LogP contribution in [-0.4, -0.2) is 76.2 Å². The Balaban J connectivity index is 1.62. The number of imidazole rings is 1. The van der Waals surface area contributed by atoms with Gasteiger partial charge in [-0.05, 0) is 26.0 Å². The first-order valence-corrected chi connectivity index (χ1v) is 9.92. The number of ether oxygens (including phenoxy) is 2. The minimum absolute atomic E-state index is 0.157. The number of pyridine rings is 1. The Bertz CT molecular complexity index is 873. The van der Waals surface area contributed by atoms with E-state index in [4.69, 9.17) is 9.47 Å². The molecular formula is C20H26N4O4. The number of aromatic nitrogens is 2. The molecule has 0 unspecified atom stereocenters. The van der Waals surface area contributed by atoms with Crippen molar-refractivity contribution in [3.05, 3.63) is 35.9 Å². The van der Waals surface area contributed by atoms with E-state index in [2.05, 4.69) is 4.98 Å². The van der Waals surface area contributed by atoms with Gasteiger partial charge in [0.1, 0.15) is 0 Å². The van der Waals surface area contributed by atoms with Crippen molar-refractivity contribution < 1.29 is 19.1 Å². The maximum absolute atomic E-state index is 13.2. The summed E-state index contributed by atoms with van der Waals surface area (Å²) in [6.45, 7) is 7.35. The zero-order valence-electron chi connectivity index (χ0n) is 16.4. The highest BCUT2D eigenvalue weighted by molar-refractivity contribution is 6.02. The smallest absolute Gasteiger partial charge is 0.290 e. The molecule has 4 heterocycles. The molecule has 2 saturated heterocycles. The van der Waals surface area contributed by atoms with E-state index in [-0.39, 0.29) is 17.6 Å². The molecule has 0 N–H and O–H groups in total. The van der Waals surface area contributed by atoms with Crippen LogP contribution in [0.5, 0.6) is 0 Å². The molecule has 28 heavy (non-hydrogen) atoms. The molecule has 150 valence electrons. The van der Waals surface area contributed by atoms with Crippen LogP contribution in [0.2, 0.25) is 0 Å². The van der Waals surface area contributed by atoms with E-state index < -0.39 is 5.79 Å². The number of fused-ring (bicyclic) bond motifs is 1. The SMILES string of the molecule is CCN(CC)C(=O)c1nc(C(=O)N2CCC3(CC2)OCCO3)c2ccccn12. The number of nitrogens with zero attached hydrogens (tertiary/aromatic N) is 4. The molecule has 2 amide bonds. The van der Waals surface area contributed by atoms with E-state index in [0.717, 1.165) is 0 Å². The summed E-state index contributed by atoms with van der Waals surface area (Å²) >= 11 is 0. The van der Waals surface area contributed by atoms with E-state index in [1.165, 1.54) is 0 Å². The fraction of sp³-hybridized carbons (Fsp3) is 0.550. The molecule has 8 heteroatoms. The molecule has 0 atom stereocenters. The molecule has 1 spiro atoms. The highest BCUT2D eigenvalue weighted by Crippen LogP contribution is 2.32. The van der Waals surface area contributed by atoms with Crippen LogP contribution in [0.15, 0.2) is 24.4 Å². The summed E-state index contributed by atoms with van der Waals surface area (Å²) in [6, 6.07) is 5.51. The Morgan fingerprint density at radius 1 is 1.14 bits per heavy atom. The van der Waals surface area contributed by atoms with E-state index in [1.807, 2.05) is 32.0 Å². The van der Waals surface area contributed by atoms with Crippen LogP contribution in [0, 0.1) is 0 Å². The van der Waals surface area contributed by atoms with Crippen LogP contribution < -0.4 is 0 Å². The summed E-state index contributed by atoms with van der Waals surface area (Å²) in [5.74, 6) is -0.582. The van der Waals surface area contributed by atoms with Crippen molar-refractivity contribution in [3.63, 3.8) is 0 Å². The molecular weight excluding hydrogens is 360 g/mol. The summed E-state index contributed by atoms with van der Waals surface area (Å²) in [7, 11) is 0. The predicted octanol–water partition coefficient (Wildman–Crippen LogP) is 1.80. The van der Waals surface area contributed by atoms with Crippen LogP contribution in [0.1, 0.15) is 47.8 Å². The quantitative estimate of drug-likeness (QED) is 0.801. The van der Waals surface area contributed by atoms with Gasteiger partial charge in [0.05, 0.1) is 18.7 Å². The van der Waals surface area contributed by atoms with Gasteiger partial charge >= 0.3 is 0 Å². The van der Waals surface area contributed by atoms with Crippen molar-refractivity contribution in [1.82, 2.24) is 19.2 Å². The van der Waals surface area contributed by atoms with Crippen LogP contribution in [0.4, 0.5) is 0 Å². The molecule has 0 bridgehead atoms. The van der Waals surface area contributed by atoms with Gasteiger partial charge in [-0.3, -0.25) is 14.0 Å². The Hall–Kier alpha value is -2.45. The number of likely N-dealkylation sites (tertiary alicyclic amines) is 1. The zero-order valence-corrected chi connectivity index (χ0v) is 16.4. The molecule has 0 radical (unpaired) electrons. The fourth-order valence-electron chi connectivity index (χ4n) is 3.98. The van der Waals surface area contributed by atoms with Crippen molar-refractivity contribution in [3.8, 4) is 0 Å². The third-order valence-electron chi connectivity index (χ3n) is 5.62. The largest absolute Gasteiger partial charge is 0.347 e. The van der Waals surface area contributed by atoms with Crippen LogP contribution >= 0.6 is 0 Å². The maximum Gasteiger partial charge on any atom is 0.290 e. The Labute approximate surface area is 164 Å². The highest BCUT2D eigenvalue weighted by atomic mass is 16.7.